The zero-order valence-corrected chi connectivity index (χ0v) is 14.8. The maximum absolute atomic E-state index is 12.6. The molecule has 0 radical (unpaired) electrons. The first-order valence-electron chi connectivity index (χ1n) is 9.00. The minimum Gasteiger partial charge on any atom is -0.496 e. The number of amides is 1. The van der Waals surface area contributed by atoms with E-state index in [0.717, 1.165) is 13.1 Å². The zero-order valence-electron chi connectivity index (χ0n) is 14.8. The van der Waals surface area contributed by atoms with E-state index in [-0.39, 0.29) is 11.9 Å². The number of para-hydroxylation sites is 1. The van der Waals surface area contributed by atoms with Gasteiger partial charge in [-0.05, 0) is 43.6 Å². The van der Waals surface area contributed by atoms with Crippen LogP contribution in [-0.2, 0) is 0 Å². The Hall–Kier alpha value is -2.33. The molecule has 2 aromatic rings. The van der Waals surface area contributed by atoms with E-state index < -0.39 is 0 Å². The maximum atomic E-state index is 12.6. The molecule has 2 aromatic carbocycles. The van der Waals surface area contributed by atoms with Crippen molar-refractivity contribution in [3.05, 3.63) is 65.7 Å². The fraction of sp³-hybridized carbons (Fsp3) is 0.381. The predicted octanol–water partition coefficient (Wildman–Crippen LogP) is 3.65. The Morgan fingerprint density at radius 3 is 2.44 bits per heavy atom. The molecule has 0 saturated carbocycles. The summed E-state index contributed by atoms with van der Waals surface area (Å²) in [6.45, 7) is 2.77. The van der Waals surface area contributed by atoms with Gasteiger partial charge in [0.15, 0.2) is 0 Å². The maximum Gasteiger partial charge on any atom is 0.255 e. The lowest BCUT2D eigenvalue weighted by Crippen LogP contribution is -2.40. The lowest BCUT2D eigenvalue weighted by Gasteiger charge is -2.35. The second-order valence-electron chi connectivity index (χ2n) is 6.43. The van der Waals surface area contributed by atoms with Crippen LogP contribution in [0.3, 0.4) is 0 Å². The van der Waals surface area contributed by atoms with Gasteiger partial charge in [0.1, 0.15) is 5.75 Å². The van der Waals surface area contributed by atoms with Crippen LogP contribution in [0.2, 0.25) is 0 Å². The van der Waals surface area contributed by atoms with Gasteiger partial charge in [0.25, 0.3) is 5.91 Å². The van der Waals surface area contributed by atoms with Crippen molar-refractivity contribution in [1.29, 1.82) is 0 Å². The number of hydrogen-bond donors (Lipinski definition) is 1. The van der Waals surface area contributed by atoms with Crippen LogP contribution in [0.1, 0.15) is 41.2 Å². The third-order valence-electron chi connectivity index (χ3n) is 4.82. The summed E-state index contributed by atoms with van der Waals surface area (Å²) in [6, 6.07) is 18.0. The number of ether oxygens (including phenoxy) is 1. The second-order valence-corrected chi connectivity index (χ2v) is 6.43. The molecule has 1 fully saturated rings. The Bertz CT molecular complexity index is 681. The van der Waals surface area contributed by atoms with Crippen molar-refractivity contribution in [2.45, 2.75) is 25.3 Å². The van der Waals surface area contributed by atoms with Crippen molar-refractivity contribution in [3.63, 3.8) is 0 Å². The van der Waals surface area contributed by atoms with Crippen molar-refractivity contribution in [2.75, 3.05) is 26.7 Å². The van der Waals surface area contributed by atoms with E-state index in [0.29, 0.717) is 17.9 Å². The number of likely N-dealkylation sites (tertiary alicyclic amines) is 1. The van der Waals surface area contributed by atoms with Gasteiger partial charge < -0.3 is 10.1 Å². The normalized spacial score (nSPS) is 16.2. The lowest BCUT2D eigenvalue weighted by molar-refractivity contribution is 0.0921. The molecule has 4 nitrogen and oxygen atoms in total. The molecule has 1 atom stereocenters. The molecular formula is C21H26N2O2. The highest BCUT2D eigenvalue weighted by Gasteiger charge is 2.23. The number of benzene rings is 2. The second kappa shape index (κ2) is 8.67. The fourth-order valence-corrected chi connectivity index (χ4v) is 3.48. The molecule has 0 unspecified atom stereocenters. The smallest absolute Gasteiger partial charge is 0.255 e. The van der Waals surface area contributed by atoms with Crippen molar-refractivity contribution >= 4 is 5.91 Å². The summed E-state index contributed by atoms with van der Waals surface area (Å²) < 4.78 is 5.30. The Kier molecular flexibility index (Phi) is 6.07. The summed E-state index contributed by atoms with van der Waals surface area (Å²) >= 11 is 0. The van der Waals surface area contributed by atoms with Crippen LogP contribution in [0.25, 0.3) is 0 Å². The van der Waals surface area contributed by atoms with E-state index >= 15 is 0 Å². The number of methoxy groups -OCH3 is 1. The molecule has 4 heteroatoms. The van der Waals surface area contributed by atoms with Crippen molar-refractivity contribution < 1.29 is 9.53 Å². The Morgan fingerprint density at radius 1 is 1.04 bits per heavy atom. The first kappa shape index (κ1) is 17.5. The van der Waals surface area contributed by atoms with Crippen LogP contribution in [0, 0.1) is 0 Å². The lowest BCUT2D eigenvalue weighted by atomic mass is 10.0. The molecule has 0 bridgehead atoms. The van der Waals surface area contributed by atoms with Crippen LogP contribution in [0.5, 0.6) is 5.75 Å². The standard InChI is InChI=1S/C21H26N2O2/c1-25-20-13-7-6-12-18(20)21(24)22-16-19(17-10-4-2-5-11-17)23-14-8-3-9-15-23/h2,4-7,10-13,19H,3,8-9,14-16H2,1H3,(H,22,24)/t19-/m1/s1. The van der Waals surface area contributed by atoms with Gasteiger partial charge >= 0.3 is 0 Å². The van der Waals surface area contributed by atoms with E-state index in [2.05, 4.69) is 34.5 Å². The number of rotatable bonds is 6. The predicted molar refractivity (Wildman–Crippen MR) is 99.9 cm³/mol. The summed E-state index contributed by atoms with van der Waals surface area (Å²) in [7, 11) is 1.59. The highest BCUT2D eigenvalue weighted by molar-refractivity contribution is 5.96. The fourth-order valence-electron chi connectivity index (χ4n) is 3.48. The minimum atomic E-state index is -0.0876. The van der Waals surface area contributed by atoms with Gasteiger partial charge in [-0.1, -0.05) is 48.9 Å². The van der Waals surface area contributed by atoms with Gasteiger partial charge in [-0.2, -0.15) is 0 Å². The highest BCUT2D eigenvalue weighted by atomic mass is 16.5. The van der Waals surface area contributed by atoms with Crippen LogP contribution in [0.15, 0.2) is 54.6 Å². The van der Waals surface area contributed by atoms with Crippen LogP contribution in [-0.4, -0.2) is 37.6 Å². The summed E-state index contributed by atoms with van der Waals surface area (Å²) in [6.07, 6.45) is 3.75. The molecule has 0 spiro atoms. The first-order chi connectivity index (χ1) is 12.3. The zero-order chi connectivity index (χ0) is 17.5. The Morgan fingerprint density at radius 2 is 1.72 bits per heavy atom. The molecule has 1 saturated heterocycles. The average Bonchev–Trinajstić information content (AvgIpc) is 2.69. The topological polar surface area (TPSA) is 41.6 Å². The van der Waals surface area contributed by atoms with E-state index in [1.165, 1.54) is 24.8 Å². The van der Waals surface area contributed by atoms with Gasteiger partial charge in [0.05, 0.1) is 18.7 Å². The largest absolute Gasteiger partial charge is 0.496 e. The summed E-state index contributed by atoms with van der Waals surface area (Å²) in [5.41, 5.74) is 1.83. The number of nitrogens with zero attached hydrogens (tertiary/aromatic N) is 1. The third kappa shape index (κ3) is 4.40. The van der Waals surface area contributed by atoms with Gasteiger partial charge in [0, 0.05) is 6.54 Å². The SMILES string of the molecule is COc1ccccc1C(=O)NC[C@H](c1ccccc1)N1CCCCC1. The molecular weight excluding hydrogens is 312 g/mol. The van der Waals surface area contributed by atoms with E-state index in [1.54, 1.807) is 13.2 Å². The molecule has 1 heterocycles. The van der Waals surface area contributed by atoms with E-state index in [9.17, 15) is 4.79 Å². The molecule has 0 aliphatic carbocycles. The average molecular weight is 338 g/mol. The van der Waals surface area contributed by atoms with Crippen molar-refractivity contribution in [3.8, 4) is 5.75 Å². The highest BCUT2D eigenvalue weighted by Crippen LogP contribution is 2.24. The van der Waals surface area contributed by atoms with Gasteiger partial charge in [-0.25, -0.2) is 0 Å². The summed E-state index contributed by atoms with van der Waals surface area (Å²) in [5.74, 6) is 0.518. The van der Waals surface area contributed by atoms with E-state index in [1.807, 2.05) is 24.3 Å². The number of carbonyl (C=O) groups excluding carboxylic acids is 1. The molecule has 1 aliphatic heterocycles. The molecule has 1 aliphatic rings. The minimum absolute atomic E-state index is 0.0876. The summed E-state index contributed by atoms with van der Waals surface area (Å²) in [5, 5.41) is 3.11. The molecule has 1 N–H and O–H groups in total. The molecule has 0 aromatic heterocycles. The molecule has 25 heavy (non-hydrogen) atoms. The Labute approximate surface area is 149 Å². The molecule has 1 amide bonds. The van der Waals surface area contributed by atoms with Crippen LogP contribution in [0.4, 0.5) is 0 Å². The Balaban J connectivity index is 1.73. The van der Waals surface area contributed by atoms with Crippen molar-refractivity contribution in [1.82, 2.24) is 10.2 Å². The van der Waals surface area contributed by atoms with Gasteiger partial charge in [-0.15, -0.1) is 0 Å². The number of hydrogen-bond acceptors (Lipinski definition) is 3. The van der Waals surface area contributed by atoms with Crippen molar-refractivity contribution in [2.24, 2.45) is 0 Å². The number of carbonyl (C=O) groups is 1. The number of piperidine rings is 1. The molecule has 132 valence electrons. The van der Waals surface area contributed by atoms with Crippen LogP contribution < -0.4 is 10.1 Å². The van der Waals surface area contributed by atoms with Gasteiger partial charge in [-0.3, -0.25) is 9.69 Å². The molecule has 3 rings (SSSR count). The third-order valence-corrected chi connectivity index (χ3v) is 4.82. The quantitative estimate of drug-likeness (QED) is 0.874. The monoisotopic (exact) mass is 338 g/mol. The van der Waals surface area contributed by atoms with Gasteiger partial charge in [0.2, 0.25) is 0 Å². The first-order valence-corrected chi connectivity index (χ1v) is 9.00. The summed E-state index contributed by atoms with van der Waals surface area (Å²) in [4.78, 5) is 15.1. The number of nitrogens with one attached hydrogen (secondary N) is 1. The van der Waals surface area contributed by atoms with Crippen LogP contribution >= 0.6 is 0 Å². The van der Waals surface area contributed by atoms with E-state index in [4.69, 9.17) is 4.74 Å².